The zero-order valence-electron chi connectivity index (χ0n) is 13.3. The van der Waals surface area contributed by atoms with Crippen LogP contribution in [0.15, 0.2) is 42.7 Å². The van der Waals surface area contributed by atoms with Crippen LogP contribution in [0.2, 0.25) is 0 Å². The van der Waals surface area contributed by atoms with Crippen LogP contribution in [0.1, 0.15) is 38.8 Å². The van der Waals surface area contributed by atoms with Crippen LogP contribution in [0, 0.1) is 0 Å². The second-order valence-corrected chi connectivity index (χ2v) is 6.19. The zero-order valence-corrected chi connectivity index (χ0v) is 13.3. The van der Waals surface area contributed by atoms with Gasteiger partial charge in [-0.05, 0) is 41.3 Å². The molecule has 1 aromatic heterocycles. The molecule has 112 valence electrons. The van der Waals surface area contributed by atoms with E-state index in [1.807, 2.05) is 24.4 Å². The maximum absolute atomic E-state index is 5.94. The lowest BCUT2D eigenvalue weighted by Gasteiger charge is -2.19. The molecule has 2 aromatic rings. The number of hydrogen-bond donors (Lipinski definition) is 1. The number of benzene rings is 1. The van der Waals surface area contributed by atoms with Crippen LogP contribution in [-0.2, 0) is 12.0 Å². The Kier molecular flexibility index (Phi) is 4.97. The van der Waals surface area contributed by atoms with E-state index in [0.717, 1.165) is 30.2 Å². The van der Waals surface area contributed by atoms with Crippen LogP contribution in [0.5, 0.6) is 11.5 Å². The van der Waals surface area contributed by atoms with E-state index >= 15 is 0 Å². The summed E-state index contributed by atoms with van der Waals surface area (Å²) in [6, 6.07) is 10.3. The first kappa shape index (κ1) is 15.5. The molecular formula is C18H24N2O. The lowest BCUT2D eigenvalue weighted by atomic mass is 9.87. The van der Waals surface area contributed by atoms with Gasteiger partial charge in [-0.25, -0.2) is 0 Å². The number of nitrogens with zero attached hydrogens (tertiary/aromatic N) is 1. The Bertz CT molecular complexity index is 588. The molecule has 0 bridgehead atoms. The summed E-state index contributed by atoms with van der Waals surface area (Å²) in [5.74, 6) is 1.63. The largest absolute Gasteiger partial charge is 0.456 e. The molecule has 1 aromatic carbocycles. The first-order chi connectivity index (χ1) is 9.99. The molecular weight excluding hydrogens is 260 g/mol. The van der Waals surface area contributed by atoms with Crippen LogP contribution >= 0.6 is 0 Å². The third kappa shape index (κ3) is 4.57. The Morgan fingerprint density at radius 2 is 1.90 bits per heavy atom. The van der Waals surface area contributed by atoms with E-state index < -0.39 is 0 Å². The highest BCUT2D eigenvalue weighted by Gasteiger charge is 2.14. The number of rotatable bonds is 5. The number of aromatic nitrogens is 1. The molecule has 0 fully saturated rings. The zero-order chi connectivity index (χ0) is 15.3. The van der Waals surface area contributed by atoms with Crippen LogP contribution in [0.4, 0.5) is 0 Å². The Hall–Kier alpha value is -1.87. The molecule has 0 spiro atoms. The number of nitrogens with one attached hydrogen (secondary N) is 1. The van der Waals surface area contributed by atoms with Gasteiger partial charge in [-0.3, -0.25) is 4.98 Å². The molecule has 0 aliphatic carbocycles. The normalized spacial score (nSPS) is 11.4. The first-order valence-electron chi connectivity index (χ1n) is 7.42. The van der Waals surface area contributed by atoms with Gasteiger partial charge in [0.15, 0.2) is 0 Å². The molecule has 1 heterocycles. The van der Waals surface area contributed by atoms with Gasteiger partial charge in [-0.15, -0.1) is 0 Å². The Morgan fingerprint density at radius 3 is 2.62 bits per heavy atom. The average Bonchev–Trinajstić information content (AvgIpc) is 2.45. The summed E-state index contributed by atoms with van der Waals surface area (Å²) in [6.07, 6.45) is 3.61. The monoisotopic (exact) mass is 284 g/mol. The standard InChI is InChI=1S/C18H24N2O/c1-5-19-11-14-9-17(13-20-12-14)21-16-8-6-7-15(10-16)18(2,3)4/h6-10,12-13,19H,5,11H2,1-4H3. The van der Waals surface area contributed by atoms with Gasteiger partial charge in [-0.2, -0.15) is 0 Å². The van der Waals surface area contributed by atoms with Gasteiger partial charge >= 0.3 is 0 Å². The molecule has 0 amide bonds. The maximum atomic E-state index is 5.94. The van der Waals surface area contributed by atoms with E-state index in [-0.39, 0.29) is 5.41 Å². The van der Waals surface area contributed by atoms with Crippen molar-refractivity contribution in [2.45, 2.75) is 39.7 Å². The second-order valence-electron chi connectivity index (χ2n) is 6.19. The van der Waals surface area contributed by atoms with Crippen molar-refractivity contribution in [3.8, 4) is 11.5 Å². The summed E-state index contributed by atoms with van der Waals surface area (Å²) in [5, 5.41) is 3.29. The SMILES string of the molecule is CCNCc1cncc(Oc2cccc(C(C)(C)C)c2)c1. The van der Waals surface area contributed by atoms with E-state index in [4.69, 9.17) is 4.74 Å². The highest BCUT2D eigenvalue weighted by atomic mass is 16.5. The summed E-state index contributed by atoms with van der Waals surface area (Å²) in [5.41, 5.74) is 2.50. The van der Waals surface area contributed by atoms with E-state index in [1.165, 1.54) is 5.56 Å². The topological polar surface area (TPSA) is 34.2 Å². The van der Waals surface area contributed by atoms with E-state index in [0.29, 0.717) is 0 Å². The molecule has 21 heavy (non-hydrogen) atoms. The quantitative estimate of drug-likeness (QED) is 0.889. The minimum absolute atomic E-state index is 0.116. The molecule has 0 unspecified atom stereocenters. The van der Waals surface area contributed by atoms with Crippen molar-refractivity contribution in [3.63, 3.8) is 0 Å². The third-order valence-corrected chi connectivity index (χ3v) is 3.28. The van der Waals surface area contributed by atoms with Crippen molar-refractivity contribution in [3.05, 3.63) is 53.9 Å². The number of ether oxygens (including phenoxy) is 1. The Labute approximate surface area is 127 Å². The maximum Gasteiger partial charge on any atom is 0.146 e. The molecule has 0 aliphatic heterocycles. The van der Waals surface area contributed by atoms with Gasteiger partial charge < -0.3 is 10.1 Å². The summed E-state index contributed by atoms with van der Waals surface area (Å²) >= 11 is 0. The summed E-state index contributed by atoms with van der Waals surface area (Å²) in [4.78, 5) is 4.24. The fraction of sp³-hybridized carbons (Fsp3) is 0.389. The van der Waals surface area contributed by atoms with Crippen LogP contribution in [-0.4, -0.2) is 11.5 Å². The summed E-state index contributed by atoms with van der Waals surface area (Å²) in [7, 11) is 0. The fourth-order valence-corrected chi connectivity index (χ4v) is 2.05. The molecule has 0 saturated carbocycles. The van der Waals surface area contributed by atoms with Crippen molar-refractivity contribution >= 4 is 0 Å². The first-order valence-corrected chi connectivity index (χ1v) is 7.42. The highest BCUT2D eigenvalue weighted by Crippen LogP contribution is 2.28. The van der Waals surface area contributed by atoms with E-state index in [1.54, 1.807) is 6.20 Å². The predicted molar refractivity (Wildman–Crippen MR) is 86.8 cm³/mol. The highest BCUT2D eigenvalue weighted by molar-refractivity contribution is 5.36. The summed E-state index contributed by atoms with van der Waals surface area (Å²) in [6.45, 7) is 10.4. The predicted octanol–water partition coefficient (Wildman–Crippen LogP) is 4.28. The van der Waals surface area contributed by atoms with E-state index in [9.17, 15) is 0 Å². The van der Waals surface area contributed by atoms with Gasteiger partial charge in [0.05, 0.1) is 6.20 Å². The van der Waals surface area contributed by atoms with Gasteiger partial charge in [0.2, 0.25) is 0 Å². The van der Waals surface area contributed by atoms with Crippen molar-refractivity contribution in [2.75, 3.05) is 6.54 Å². The molecule has 0 aliphatic rings. The number of hydrogen-bond acceptors (Lipinski definition) is 3. The lowest BCUT2D eigenvalue weighted by Crippen LogP contribution is -2.12. The summed E-state index contributed by atoms with van der Waals surface area (Å²) < 4.78 is 5.94. The minimum atomic E-state index is 0.116. The van der Waals surface area contributed by atoms with Crippen LogP contribution in [0.3, 0.4) is 0 Å². The van der Waals surface area contributed by atoms with Crippen molar-refractivity contribution in [2.24, 2.45) is 0 Å². The van der Waals surface area contributed by atoms with Gasteiger partial charge in [0.25, 0.3) is 0 Å². The Morgan fingerprint density at radius 1 is 1.10 bits per heavy atom. The van der Waals surface area contributed by atoms with Crippen LogP contribution < -0.4 is 10.1 Å². The smallest absolute Gasteiger partial charge is 0.146 e. The number of pyridine rings is 1. The van der Waals surface area contributed by atoms with Gasteiger partial charge in [0, 0.05) is 12.7 Å². The lowest BCUT2D eigenvalue weighted by molar-refractivity contribution is 0.475. The Balaban J connectivity index is 2.14. The second kappa shape index (κ2) is 6.72. The van der Waals surface area contributed by atoms with Crippen LogP contribution in [0.25, 0.3) is 0 Å². The third-order valence-electron chi connectivity index (χ3n) is 3.28. The minimum Gasteiger partial charge on any atom is -0.456 e. The molecule has 2 rings (SSSR count). The molecule has 0 saturated heterocycles. The molecule has 3 nitrogen and oxygen atoms in total. The molecule has 1 N–H and O–H groups in total. The average molecular weight is 284 g/mol. The van der Waals surface area contributed by atoms with Crippen molar-refractivity contribution in [1.82, 2.24) is 10.3 Å². The molecule has 3 heteroatoms. The van der Waals surface area contributed by atoms with Crippen molar-refractivity contribution < 1.29 is 4.74 Å². The molecule has 0 atom stereocenters. The fourth-order valence-electron chi connectivity index (χ4n) is 2.05. The van der Waals surface area contributed by atoms with E-state index in [2.05, 4.69) is 50.1 Å². The molecule has 0 radical (unpaired) electrons. The van der Waals surface area contributed by atoms with Gasteiger partial charge in [-0.1, -0.05) is 39.8 Å². The van der Waals surface area contributed by atoms with Gasteiger partial charge in [0.1, 0.15) is 11.5 Å². The van der Waals surface area contributed by atoms with Crippen molar-refractivity contribution in [1.29, 1.82) is 0 Å².